The van der Waals surface area contributed by atoms with Gasteiger partial charge in [0.2, 0.25) is 0 Å². The van der Waals surface area contributed by atoms with Crippen molar-refractivity contribution in [1.29, 1.82) is 0 Å². The van der Waals surface area contributed by atoms with E-state index in [2.05, 4.69) is 24.4 Å². The van der Waals surface area contributed by atoms with Gasteiger partial charge in [0.1, 0.15) is 5.75 Å². The highest BCUT2D eigenvalue weighted by molar-refractivity contribution is 5.77. The average molecular weight is 264 g/mol. The third-order valence-corrected chi connectivity index (χ3v) is 3.17. The third-order valence-electron chi connectivity index (χ3n) is 3.17. The van der Waals surface area contributed by atoms with E-state index in [0.717, 1.165) is 29.7 Å². The fourth-order valence-corrected chi connectivity index (χ4v) is 2.04. The molecule has 1 amide bonds. The van der Waals surface area contributed by atoms with Gasteiger partial charge in [-0.3, -0.25) is 4.79 Å². The molecule has 3 N–H and O–H groups in total. The normalized spacial score (nSPS) is 12.1. The standard InChI is InChI=1S/C15H24N2O2/c1-5-13(16)8-12-6-10(2)15(11(3)7-12)19-9-14(18)17-4/h6-7,13H,5,8-9,16H2,1-4H3,(H,17,18). The number of benzene rings is 1. The number of nitrogens with one attached hydrogen (secondary N) is 1. The van der Waals surface area contributed by atoms with Crippen LogP contribution >= 0.6 is 0 Å². The Morgan fingerprint density at radius 2 is 1.95 bits per heavy atom. The quantitative estimate of drug-likeness (QED) is 0.822. The fraction of sp³-hybridized carbons (Fsp3) is 0.533. The number of nitrogens with two attached hydrogens (primary N) is 1. The summed E-state index contributed by atoms with van der Waals surface area (Å²) in [4.78, 5) is 11.2. The second kappa shape index (κ2) is 7.14. The summed E-state index contributed by atoms with van der Waals surface area (Å²) in [5.41, 5.74) is 9.28. The van der Waals surface area contributed by atoms with Crippen molar-refractivity contribution in [2.24, 2.45) is 5.73 Å². The molecule has 0 radical (unpaired) electrons. The summed E-state index contributed by atoms with van der Waals surface area (Å²) in [6, 6.07) is 4.36. The fourth-order valence-electron chi connectivity index (χ4n) is 2.04. The van der Waals surface area contributed by atoms with Crippen LogP contribution in [0.5, 0.6) is 5.75 Å². The van der Waals surface area contributed by atoms with Gasteiger partial charge in [-0.1, -0.05) is 19.1 Å². The Hall–Kier alpha value is -1.55. The van der Waals surface area contributed by atoms with Crippen LogP contribution in [0.2, 0.25) is 0 Å². The van der Waals surface area contributed by atoms with Crippen molar-refractivity contribution in [3.63, 3.8) is 0 Å². The lowest BCUT2D eigenvalue weighted by Gasteiger charge is -2.15. The maximum atomic E-state index is 11.2. The minimum Gasteiger partial charge on any atom is -0.483 e. The largest absolute Gasteiger partial charge is 0.483 e. The van der Waals surface area contributed by atoms with Gasteiger partial charge >= 0.3 is 0 Å². The van der Waals surface area contributed by atoms with Crippen molar-refractivity contribution in [2.45, 2.75) is 39.7 Å². The first kappa shape index (κ1) is 15.5. The molecule has 1 aromatic rings. The van der Waals surface area contributed by atoms with Gasteiger partial charge in [-0.15, -0.1) is 0 Å². The van der Waals surface area contributed by atoms with Gasteiger partial charge in [0.25, 0.3) is 5.91 Å². The molecular formula is C15H24N2O2. The minimum atomic E-state index is -0.129. The van der Waals surface area contributed by atoms with E-state index in [1.807, 2.05) is 13.8 Å². The minimum absolute atomic E-state index is 0.0476. The Morgan fingerprint density at radius 3 is 2.42 bits per heavy atom. The zero-order valence-corrected chi connectivity index (χ0v) is 12.2. The number of carbonyl (C=O) groups is 1. The lowest BCUT2D eigenvalue weighted by atomic mass is 9.99. The molecule has 0 aliphatic rings. The summed E-state index contributed by atoms with van der Waals surface area (Å²) in [7, 11) is 1.60. The van der Waals surface area contributed by atoms with E-state index in [1.165, 1.54) is 5.56 Å². The van der Waals surface area contributed by atoms with Crippen molar-refractivity contribution in [1.82, 2.24) is 5.32 Å². The van der Waals surface area contributed by atoms with Gasteiger partial charge in [0, 0.05) is 13.1 Å². The van der Waals surface area contributed by atoms with Crippen molar-refractivity contribution >= 4 is 5.91 Å². The zero-order valence-electron chi connectivity index (χ0n) is 12.2. The Labute approximate surface area is 115 Å². The summed E-state index contributed by atoms with van der Waals surface area (Å²) in [5, 5.41) is 2.54. The van der Waals surface area contributed by atoms with Crippen LogP contribution in [0.3, 0.4) is 0 Å². The van der Waals surface area contributed by atoms with Crippen LogP contribution in [0.4, 0.5) is 0 Å². The van der Waals surface area contributed by atoms with E-state index >= 15 is 0 Å². The molecule has 4 nitrogen and oxygen atoms in total. The average Bonchev–Trinajstić information content (AvgIpc) is 2.37. The van der Waals surface area contributed by atoms with Gasteiger partial charge < -0.3 is 15.8 Å². The molecule has 106 valence electrons. The van der Waals surface area contributed by atoms with E-state index in [9.17, 15) is 4.79 Å². The van der Waals surface area contributed by atoms with Crippen LogP contribution in [0, 0.1) is 13.8 Å². The van der Waals surface area contributed by atoms with Crippen molar-refractivity contribution in [3.05, 3.63) is 28.8 Å². The maximum absolute atomic E-state index is 11.2. The highest BCUT2D eigenvalue weighted by Crippen LogP contribution is 2.25. The maximum Gasteiger partial charge on any atom is 0.257 e. The van der Waals surface area contributed by atoms with E-state index in [1.54, 1.807) is 7.05 Å². The Balaban J connectivity index is 2.82. The van der Waals surface area contributed by atoms with E-state index < -0.39 is 0 Å². The molecule has 0 saturated heterocycles. The smallest absolute Gasteiger partial charge is 0.257 e. The number of ether oxygens (including phenoxy) is 1. The Morgan fingerprint density at radius 1 is 1.37 bits per heavy atom. The molecule has 0 heterocycles. The van der Waals surface area contributed by atoms with E-state index in [4.69, 9.17) is 10.5 Å². The molecular weight excluding hydrogens is 240 g/mol. The summed E-state index contributed by atoms with van der Waals surface area (Å²) in [6.07, 6.45) is 1.83. The van der Waals surface area contributed by atoms with Crippen LogP contribution in [0.25, 0.3) is 0 Å². The third kappa shape index (κ3) is 4.56. The van der Waals surface area contributed by atoms with Crippen molar-refractivity contribution in [3.8, 4) is 5.75 Å². The SMILES string of the molecule is CCC(N)Cc1cc(C)c(OCC(=O)NC)c(C)c1. The first-order chi connectivity index (χ1) is 8.97. The first-order valence-electron chi connectivity index (χ1n) is 6.67. The molecule has 0 aliphatic carbocycles. The lowest BCUT2D eigenvalue weighted by Crippen LogP contribution is -2.25. The van der Waals surface area contributed by atoms with Crippen LogP contribution < -0.4 is 15.8 Å². The molecule has 4 heteroatoms. The summed E-state index contributed by atoms with van der Waals surface area (Å²) >= 11 is 0. The number of carbonyl (C=O) groups excluding carboxylic acids is 1. The molecule has 1 atom stereocenters. The van der Waals surface area contributed by atoms with Crippen LogP contribution in [-0.4, -0.2) is 25.6 Å². The number of hydrogen-bond donors (Lipinski definition) is 2. The Bertz CT molecular complexity index is 421. The number of rotatable bonds is 6. The van der Waals surface area contributed by atoms with Crippen molar-refractivity contribution in [2.75, 3.05) is 13.7 Å². The molecule has 0 spiro atoms. The molecule has 0 saturated carbocycles. The van der Waals surface area contributed by atoms with Crippen LogP contribution in [-0.2, 0) is 11.2 Å². The molecule has 1 rings (SSSR count). The number of likely N-dealkylation sites (N-methyl/N-ethyl adjacent to an activating group) is 1. The highest BCUT2D eigenvalue weighted by Gasteiger charge is 2.10. The molecule has 0 aromatic heterocycles. The Kier molecular flexibility index (Phi) is 5.83. The van der Waals surface area contributed by atoms with Gasteiger partial charge in [-0.2, -0.15) is 0 Å². The van der Waals surface area contributed by atoms with Gasteiger partial charge in [-0.05, 0) is 43.4 Å². The summed E-state index contributed by atoms with van der Waals surface area (Å²) in [5.74, 6) is 0.660. The predicted octanol–water partition coefficient (Wildman–Crippen LogP) is 1.71. The number of amides is 1. The predicted molar refractivity (Wildman–Crippen MR) is 77.4 cm³/mol. The molecule has 19 heavy (non-hydrogen) atoms. The highest BCUT2D eigenvalue weighted by atomic mass is 16.5. The van der Waals surface area contributed by atoms with Crippen LogP contribution in [0.1, 0.15) is 30.0 Å². The first-order valence-corrected chi connectivity index (χ1v) is 6.67. The van der Waals surface area contributed by atoms with Crippen molar-refractivity contribution < 1.29 is 9.53 Å². The molecule has 0 fully saturated rings. The summed E-state index contributed by atoms with van der Waals surface area (Å²) < 4.78 is 5.56. The molecule has 0 aliphatic heterocycles. The molecule has 0 bridgehead atoms. The van der Waals surface area contributed by atoms with Gasteiger partial charge in [0.05, 0.1) is 0 Å². The van der Waals surface area contributed by atoms with Gasteiger partial charge in [0.15, 0.2) is 6.61 Å². The van der Waals surface area contributed by atoms with Crippen LogP contribution in [0.15, 0.2) is 12.1 Å². The van der Waals surface area contributed by atoms with Gasteiger partial charge in [-0.25, -0.2) is 0 Å². The second-order valence-corrected chi connectivity index (χ2v) is 4.89. The second-order valence-electron chi connectivity index (χ2n) is 4.89. The number of aryl methyl sites for hydroxylation is 2. The summed E-state index contributed by atoms with van der Waals surface area (Å²) in [6.45, 7) is 6.12. The lowest BCUT2D eigenvalue weighted by molar-refractivity contribution is -0.122. The number of hydrogen-bond acceptors (Lipinski definition) is 3. The monoisotopic (exact) mass is 264 g/mol. The molecule has 1 aromatic carbocycles. The van der Waals surface area contributed by atoms with E-state index in [-0.39, 0.29) is 18.6 Å². The zero-order chi connectivity index (χ0) is 14.4. The molecule has 1 unspecified atom stereocenters. The topological polar surface area (TPSA) is 64.3 Å². The van der Waals surface area contributed by atoms with E-state index in [0.29, 0.717) is 0 Å².